The molecular weight excluding hydrogens is 206 g/mol. The number of nitrogens with zero attached hydrogens (tertiary/aromatic N) is 1. The molecule has 2 aromatic rings. The lowest BCUT2D eigenvalue weighted by atomic mass is 10.2. The summed E-state index contributed by atoms with van der Waals surface area (Å²) in [7, 11) is 0. The van der Waals surface area contributed by atoms with E-state index < -0.39 is 6.43 Å². The van der Waals surface area contributed by atoms with Gasteiger partial charge in [-0.1, -0.05) is 0 Å². The number of aromatic amines is 1. The van der Waals surface area contributed by atoms with E-state index in [1.807, 2.05) is 6.26 Å². The average molecular weight is 214 g/mol. The van der Waals surface area contributed by atoms with Gasteiger partial charge in [0.25, 0.3) is 6.43 Å². The fraction of sp³-hybridized carbons (Fsp3) is 0.222. The van der Waals surface area contributed by atoms with Gasteiger partial charge in [0, 0.05) is 10.5 Å². The van der Waals surface area contributed by atoms with Crippen LogP contribution in [-0.2, 0) is 0 Å². The van der Waals surface area contributed by atoms with Gasteiger partial charge in [0.05, 0.1) is 11.8 Å². The number of alkyl halides is 2. The van der Waals surface area contributed by atoms with Crippen molar-refractivity contribution in [2.24, 2.45) is 0 Å². The topological polar surface area (TPSA) is 28.7 Å². The van der Waals surface area contributed by atoms with Crippen molar-refractivity contribution in [2.45, 2.75) is 11.3 Å². The number of H-pyrrole nitrogens is 1. The summed E-state index contributed by atoms with van der Waals surface area (Å²) < 4.78 is 24.9. The van der Waals surface area contributed by atoms with Gasteiger partial charge in [-0.3, -0.25) is 0 Å². The second-order valence-electron chi connectivity index (χ2n) is 2.82. The van der Waals surface area contributed by atoms with Crippen molar-refractivity contribution in [1.82, 2.24) is 9.97 Å². The van der Waals surface area contributed by atoms with Crippen molar-refractivity contribution in [3.05, 3.63) is 24.0 Å². The lowest BCUT2D eigenvalue weighted by molar-refractivity contribution is 0.151. The van der Waals surface area contributed by atoms with E-state index in [2.05, 4.69) is 9.97 Å². The van der Waals surface area contributed by atoms with Gasteiger partial charge in [-0.15, -0.1) is 11.8 Å². The molecule has 14 heavy (non-hydrogen) atoms. The van der Waals surface area contributed by atoms with Gasteiger partial charge >= 0.3 is 0 Å². The predicted molar refractivity (Wildman–Crippen MR) is 52.8 cm³/mol. The van der Waals surface area contributed by atoms with Crippen molar-refractivity contribution < 1.29 is 8.78 Å². The summed E-state index contributed by atoms with van der Waals surface area (Å²) >= 11 is 1.42. The summed E-state index contributed by atoms with van der Waals surface area (Å²) in [5, 5.41) is 0. The molecule has 2 nitrogen and oxygen atoms in total. The van der Waals surface area contributed by atoms with E-state index in [-0.39, 0.29) is 5.56 Å². The van der Waals surface area contributed by atoms with Crippen LogP contribution in [0.25, 0.3) is 11.0 Å². The maximum Gasteiger partial charge on any atom is 0.263 e. The molecule has 1 aromatic heterocycles. The standard InChI is InChI=1S/C9H8F2N2S/c1-14-7-3-5(9(10)11)2-6-8(7)13-4-12-6/h2-4,9H,1H3,(H,12,13). The van der Waals surface area contributed by atoms with Crippen LogP contribution in [0, 0.1) is 0 Å². The highest BCUT2D eigenvalue weighted by Gasteiger charge is 2.12. The zero-order valence-electron chi connectivity index (χ0n) is 7.42. The van der Waals surface area contributed by atoms with E-state index in [1.165, 1.54) is 30.2 Å². The van der Waals surface area contributed by atoms with Crippen molar-refractivity contribution in [3.8, 4) is 0 Å². The molecule has 0 bridgehead atoms. The van der Waals surface area contributed by atoms with Crippen LogP contribution in [0.1, 0.15) is 12.0 Å². The Hall–Kier alpha value is -1.10. The zero-order chi connectivity index (χ0) is 10.1. The molecule has 1 N–H and O–H groups in total. The monoisotopic (exact) mass is 214 g/mol. The quantitative estimate of drug-likeness (QED) is 0.777. The molecular formula is C9H8F2N2S. The lowest BCUT2D eigenvalue weighted by Crippen LogP contribution is -1.86. The number of benzene rings is 1. The first kappa shape index (κ1) is 9.45. The summed E-state index contributed by atoms with van der Waals surface area (Å²) in [6, 6.07) is 2.92. The van der Waals surface area contributed by atoms with Gasteiger partial charge in [-0.2, -0.15) is 0 Å². The molecule has 0 fully saturated rings. The maximum absolute atomic E-state index is 12.5. The molecule has 2 rings (SSSR count). The highest BCUT2D eigenvalue weighted by Crippen LogP contribution is 2.29. The minimum atomic E-state index is -2.44. The van der Waals surface area contributed by atoms with E-state index in [4.69, 9.17) is 0 Å². The van der Waals surface area contributed by atoms with Crippen molar-refractivity contribution in [2.75, 3.05) is 6.26 Å². The number of hydrogen-bond acceptors (Lipinski definition) is 2. The molecule has 0 aliphatic heterocycles. The summed E-state index contributed by atoms with van der Waals surface area (Å²) in [5.41, 5.74) is 1.44. The second-order valence-corrected chi connectivity index (χ2v) is 3.67. The first-order chi connectivity index (χ1) is 6.72. The molecule has 1 aromatic carbocycles. The van der Waals surface area contributed by atoms with Gasteiger partial charge in [0.15, 0.2) is 0 Å². The molecule has 0 atom stereocenters. The Kier molecular flexibility index (Phi) is 2.41. The van der Waals surface area contributed by atoms with Crippen LogP contribution in [0.3, 0.4) is 0 Å². The summed E-state index contributed by atoms with van der Waals surface area (Å²) in [4.78, 5) is 7.68. The molecule has 0 aliphatic rings. The Morgan fingerprint density at radius 2 is 2.21 bits per heavy atom. The van der Waals surface area contributed by atoms with Crippen molar-refractivity contribution >= 4 is 22.8 Å². The molecule has 0 saturated heterocycles. The molecule has 5 heteroatoms. The Labute approximate surface area is 83.7 Å². The Morgan fingerprint density at radius 3 is 2.86 bits per heavy atom. The van der Waals surface area contributed by atoms with Crippen molar-refractivity contribution in [3.63, 3.8) is 0 Å². The maximum atomic E-state index is 12.5. The van der Waals surface area contributed by atoms with Crippen LogP contribution in [-0.4, -0.2) is 16.2 Å². The van der Waals surface area contributed by atoms with Crippen LogP contribution >= 0.6 is 11.8 Å². The van der Waals surface area contributed by atoms with Crippen LogP contribution in [0.15, 0.2) is 23.4 Å². The van der Waals surface area contributed by atoms with Gasteiger partial charge in [0.2, 0.25) is 0 Å². The summed E-state index contributed by atoms with van der Waals surface area (Å²) in [6.07, 6.45) is 0.923. The highest BCUT2D eigenvalue weighted by atomic mass is 32.2. The largest absolute Gasteiger partial charge is 0.345 e. The Bertz CT molecular complexity index is 453. The van der Waals surface area contributed by atoms with Gasteiger partial charge < -0.3 is 4.98 Å². The smallest absolute Gasteiger partial charge is 0.263 e. The number of thioether (sulfide) groups is 1. The number of aromatic nitrogens is 2. The number of imidazole rings is 1. The number of hydrogen-bond donors (Lipinski definition) is 1. The fourth-order valence-corrected chi connectivity index (χ4v) is 1.93. The SMILES string of the molecule is CSc1cc(C(F)F)cc2[nH]cnc12. The second kappa shape index (κ2) is 3.57. The fourth-order valence-electron chi connectivity index (χ4n) is 1.32. The van der Waals surface area contributed by atoms with E-state index in [9.17, 15) is 8.78 Å². The van der Waals surface area contributed by atoms with Crippen LogP contribution < -0.4 is 0 Å². The van der Waals surface area contributed by atoms with Gasteiger partial charge in [0.1, 0.15) is 5.52 Å². The third-order valence-electron chi connectivity index (χ3n) is 1.98. The minimum absolute atomic E-state index is 0.0334. The Balaban J connectivity index is 2.67. The lowest BCUT2D eigenvalue weighted by Gasteiger charge is -2.03. The van der Waals surface area contributed by atoms with Crippen LogP contribution in [0.5, 0.6) is 0 Å². The predicted octanol–water partition coefficient (Wildman–Crippen LogP) is 3.22. The Morgan fingerprint density at radius 1 is 1.43 bits per heavy atom. The van der Waals surface area contributed by atoms with E-state index in [0.717, 1.165) is 10.4 Å². The van der Waals surface area contributed by atoms with Crippen molar-refractivity contribution in [1.29, 1.82) is 0 Å². The minimum Gasteiger partial charge on any atom is -0.345 e. The molecule has 0 spiro atoms. The number of nitrogens with one attached hydrogen (secondary N) is 1. The average Bonchev–Trinajstić information content (AvgIpc) is 2.63. The molecule has 0 amide bonds. The molecule has 74 valence electrons. The number of fused-ring (bicyclic) bond motifs is 1. The zero-order valence-corrected chi connectivity index (χ0v) is 8.24. The molecule has 0 radical (unpaired) electrons. The van der Waals surface area contributed by atoms with Gasteiger partial charge in [-0.25, -0.2) is 13.8 Å². The van der Waals surface area contributed by atoms with Crippen LogP contribution in [0.4, 0.5) is 8.78 Å². The molecule has 0 aliphatic carbocycles. The first-order valence-corrected chi connectivity index (χ1v) is 5.24. The normalized spacial score (nSPS) is 11.4. The number of halogens is 2. The first-order valence-electron chi connectivity index (χ1n) is 4.01. The molecule has 0 saturated carbocycles. The summed E-state index contributed by atoms with van der Waals surface area (Å²) in [5.74, 6) is 0. The van der Waals surface area contributed by atoms with E-state index in [1.54, 1.807) is 0 Å². The number of rotatable bonds is 2. The summed E-state index contributed by atoms with van der Waals surface area (Å²) in [6.45, 7) is 0. The highest BCUT2D eigenvalue weighted by molar-refractivity contribution is 7.98. The molecule has 1 heterocycles. The van der Waals surface area contributed by atoms with Gasteiger partial charge in [-0.05, 0) is 18.4 Å². The van der Waals surface area contributed by atoms with Crippen LogP contribution in [0.2, 0.25) is 0 Å². The molecule has 0 unspecified atom stereocenters. The third-order valence-corrected chi connectivity index (χ3v) is 2.73. The third kappa shape index (κ3) is 1.48. The van der Waals surface area contributed by atoms with E-state index in [0.29, 0.717) is 5.52 Å². The van der Waals surface area contributed by atoms with E-state index >= 15 is 0 Å².